The quantitative estimate of drug-likeness (QED) is 0.509. The molecule has 0 aliphatic carbocycles. The highest BCUT2D eigenvalue weighted by atomic mass is 79.9. The van der Waals surface area contributed by atoms with Crippen LogP contribution in [0.4, 0.5) is 0 Å². The number of rotatable bonds is 8. The standard InChI is InChI=1S/C16H24Br2O2S/c1-12(2)5-4-6-13(3)9-10-21(19,20)16-11-14(17)7-8-15(16)18/h7-8,11-13H,4-6,9-10H2,1-3H3. The van der Waals surface area contributed by atoms with Gasteiger partial charge in [0.05, 0.1) is 10.6 Å². The van der Waals surface area contributed by atoms with E-state index < -0.39 is 9.84 Å². The molecule has 5 heteroatoms. The number of hydrogen-bond donors (Lipinski definition) is 0. The fourth-order valence-corrected chi connectivity index (χ4v) is 5.30. The molecule has 120 valence electrons. The first-order valence-corrected chi connectivity index (χ1v) is 10.6. The smallest absolute Gasteiger partial charge is 0.179 e. The highest BCUT2D eigenvalue weighted by Crippen LogP contribution is 2.28. The first-order valence-electron chi connectivity index (χ1n) is 7.40. The molecule has 0 amide bonds. The molecule has 1 aromatic rings. The molecule has 0 heterocycles. The predicted octanol–water partition coefficient (Wildman–Crippen LogP) is 5.84. The molecule has 1 atom stereocenters. The van der Waals surface area contributed by atoms with Gasteiger partial charge in [-0.15, -0.1) is 0 Å². The third-order valence-electron chi connectivity index (χ3n) is 3.59. The molecule has 0 aliphatic heterocycles. The van der Waals surface area contributed by atoms with Crippen molar-refractivity contribution in [3.8, 4) is 0 Å². The molecule has 0 N–H and O–H groups in total. The van der Waals surface area contributed by atoms with Crippen LogP contribution in [0.25, 0.3) is 0 Å². The SMILES string of the molecule is CC(C)CCCC(C)CCS(=O)(=O)c1cc(Br)ccc1Br. The zero-order chi connectivity index (χ0) is 16.0. The molecule has 0 aromatic heterocycles. The van der Waals surface area contributed by atoms with Gasteiger partial charge in [0.25, 0.3) is 0 Å². The summed E-state index contributed by atoms with van der Waals surface area (Å²) in [6, 6.07) is 5.27. The second-order valence-corrected chi connectivity index (χ2v) is 9.96. The molecule has 1 rings (SSSR count). The average molecular weight is 440 g/mol. The maximum absolute atomic E-state index is 12.4. The Balaban J connectivity index is 2.59. The van der Waals surface area contributed by atoms with E-state index in [1.54, 1.807) is 12.1 Å². The van der Waals surface area contributed by atoms with Crippen molar-refractivity contribution >= 4 is 41.7 Å². The first-order chi connectivity index (χ1) is 9.72. The van der Waals surface area contributed by atoms with Gasteiger partial charge in [-0.05, 0) is 52.4 Å². The van der Waals surface area contributed by atoms with E-state index in [0.717, 1.165) is 23.2 Å². The highest BCUT2D eigenvalue weighted by Gasteiger charge is 2.19. The van der Waals surface area contributed by atoms with Gasteiger partial charge in [-0.3, -0.25) is 0 Å². The second kappa shape index (κ2) is 8.68. The Kier molecular flexibility index (Phi) is 7.93. The van der Waals surface area contributed by atoms with E-state index in [9.17, 15) is 8.42 Å². The fraction of sp³-hybridized carbons (Fsp3) is 0.625. The molecular weight excluding hydrogens is 416 g/mol. The van der Waals surface area contributed by atoms with Gasteiger partial charge in [0.1, 0.15) is 0 Å². The molecule has 21 heavy (non-hydrogen) atoms. The second-order valence-electron chi connectivity index (χ2n) is 6.11. The van der Waals surface area contributed by atoms with Gasteiger partial charge >= 0.3 is 0 Å². The summed E-state index contributed by atoms with van der Waals surface area (Å²) in [7, 11) is -3.23. The topological polar surface area (TPSA) is 34.1 Å². The molecule has 0 saturated heterocycles. The normalized spacial score (nSPS) is 13.6. The van der Waals surface area contributed by atoms with Crippen molar-refractivity contribution in [1.29, 1.82) is 0 Å². The van der Waals surface area contributed by atoms with E-state index in [4.69, 9.17) is 0 Å². The zero-order valence-electron chi connectivity index (χ0n) is 12.9. The first kappa shape index (κ1) is 19.2. The number of benzene rings is 1. The van der Waals surface area contributed by atoms with Crippen LogP contribution >= 0.6 is 31.9 Å². The van der Waals surface area contributed by atoms with Gasteiger partial charge in [-0.2, -0.15) is 0 Å². The van der Waals surface area contributed by atoms with Crippen LogP contribution in [0.5, 0.6) is 0 Å². The summed E-state index contributed by atoms with van der Waals surface area (Å²) < 4.78 is 26.3. The molecule has 0 saturated carbocycles. The predicted molar refractivity (Wildman–Crippen MR) is 96.4 cm³/mol. The van der Waals surface area contributed by atoms with Crippen LogP contribution in [0.3, 0.4) is 0 Å². The summed E-state index contributed by atoms with van der Waals surface area (Å²) in [5, 5.41) is 0. The van der Waals surface area contributed by atoms with Crippen LogP contribution in [-0.2, 0) is 9.84 Å². The minimum absolute atomic E-state index is 0.213. The summed E-state index contributed by atoms with van der Waals surface area (Å²) in [5.74, 6) is 1.38. The maximum atomic E-state index is 12.4. The van der Waals surface area contributed by atoms with Crippen LogP contribution in [0, 0.1) is 11.8 Å². The average Bonchev–Trinajstić information content (AvgIpc) is 2.39. The minimum Gasteiger partial charge on any atom is -0.224 e. The Bertz CT molecular complexity index is 553. The molecule has 0 spiro atoms. The van der Waals surface area contributed by atoms with Gasteiger partial charge in [0, 0.05) is 8.95 Å². The monoisotopic (exact) mass is 438 g/mol. The molecule has 0 bridgehead atoms. The van der Waals surface area contributed by atoms with Crippen molar-refractivity contribution in [2.45, 2.75) is 51.3 Å². The van der Waals surface area contributed by atoms with Crippen LogP contribution in [0.15, 0.2) is 32.0 Å². The summed E-state index contributed by atoms with van der Waals surface area (Å²) in [6.45, 7) is 6.59. The van der Waals surface area contributed by atoms with Crippen molar-refractivity contribution < 1.29 is 8.42 Å². The molecule has 1 aromatic carbocycles. The van der Waals surface area contributed by atoms with Gasteiger partial charge in [0.15, 0.2) is 9.84 Å². The minimum atomic E-state index is -3.23. The molecular formula is C16H24Br2O2S. The Morgan fingerprint density at radius 1 is 1.05 bits per heavy atom. The lowest BCUT2D eigenvalue weighted by Gasteiger charge is -2.13. The Hall–Kier alpha value is 0.130. The van der Waals surface area contributed by atoms with Crippen LogP contribution in [-0.4, -0.2) is 14.2 Å². The van der Waals surface area contributed by atoms with Crippen molar-refractivity contribution in [3.63, 3.8) is 0 Å². The zero-order valence-corrected chi connectivity index (χ0v) is 16.9. The van der Waals surface area contributed by atoms with Gasteiger partial charge in [-0.25, -0.2) is 8.42 Å². The van der Waals surface area contributed by atoms with Gasteiger partial charge < -0.3 is 0 Å². The highest BCUT2D eigenvalue weighted by molar-refractivity contribution is 9.11. The lowest BCUT2D eigenvalue weighted by molar-refractivity contribution is 0.448. The fourth-order valence-electron chi connectivity index (χ4n) is 2.20. The van der Waals surface area contributed by atoms with Crippen LogP contribution in [0.2, 0.25) is 0 Å². The van der Waals surface area contributed by atoms with E-state index in [2.05, 4.69) is 52.6 Å². The van der Waals surface area contributed by atoms with Gasteiger partial charge in [-0.1, -0.05) is 56.0 Å². The summed E-state index contributed by atoms with van der Waals surface area (Å²) in [6.07, 6.45) is 4.22. The number of halogens is 2. The number of sulfone groups is 1. The Morgan fingerprint density at radius 2 is 1.71 bits per heavy atom. The Labute approximate surface area is 145 Å². The Morgan fingerprint density at radius 3 is 2.33 bits per heavy atom. The third-order valence-corrected chi connectivity index (χ3v) is 6.81. The molecule has 1 unspecified atom stereocenters. The van der Waals surface area contributed by atoms with Crippen LogP contribution in [0.1, 0.15) is 46.5 Å². The maximum Gasteiger partial charge on any atom is 0.179 e. The summed E-state index contributed by atoms with van der Waals surface area (Å²) in [4.78, 5) is 0.381. The molecule has 2 nitrogen and oxygen atoms in total. The summed E-state index contributed by atoms with van der Waals surface area (Å²) >= 11 is 6.66. The van der Waals surface area contributed by atoms with E-state index in [1.807, 2.05) is 6.07 Å². The van der Waals surface area contributed by atoms with E-state index in [1.165, 1.54) is 12.8 Å². The lowest BCUT2D eigenvalue weighted by atomic mass is 9.98. The van der Waals surface area contributed by atoms with Crippen LogP contribution < -0.4 is 0 Å². The molecule has 0 aliphatic rings. The van der Waals surface area contributed by atoms with Crippen molar-refractivity contribution in [2.75, 3.05) is 5.75 Å². The van der Waals surface area contributed by atoms with Crippen molar-refractivity contribution in [3.05, 3.63) is 27.1 Å². The van der Waals surface area contributed by atoms with Gasteiger partial charge in [0.2, 0.25) is 0 Å². The number of hydrogen-bond acceptors (Lipinski definition) is 2. The van der Waals surface area contributed by atoms with Crippen molar-refractivity contribution in [1.82, 2.24) is 0 Å². The van der Waals surface area contributed by atoms with E-state index in [-0.39, 0.29) is 5.75 Å². The molecule has 0 radical (unpaired) electrons. The third kappa shape index (κ3) is 6.83. The van der Waals surface area contributed by atoms with Crippen molar-refractivity contribution in [2.24, 2.45) is 11.8 Å². The van der Waals surface area contributed by atoms with E-state index in [0.29, 0.717) is 15.3 Å². The largest absolute Gasteiger partial charge is 0.224 e. The molecule has 0 fully saturated rings. The lowest BCUT2D eigenvalue weighted by Crippen LogP contribution is -2.11. The summed E-state index contributed by atoms with van der Waals surface area (Å²) in [5.41, 5.74) is 0. The van der Waals surface area contributed by atoms with E-state index >= 15 is 0 Å².